The zero-order chi connectivity index (χ0) is 29.7. The molecule has 0 saturated carbocycles. The van der Waals surface area contributed by atoms with E-state index >= 15 is 0 Å². The van der Waals surface area contributed by atoms with Crippen molar-refractivity contribution >= 4 is 24.4 Å². The van der Waals surface area contributed by atoms with Crippen LogP contribution in [-0.2, 0) is 14.3 Å². The molecule has 2 N–H and O–H groups in total. The van der Waals surface area contributed by atoms with Gasteiger partial charge in [0.1, 0.15) is 11.9 Å². The third kappa shape index (κ3) is 12.0. The lowest BCUT2D eigenvalue weighted by Crippen LogP contribution is -2.34. The molecule has 0 aromatic carbocycles. The number of allylic oxidation sites excluding steroid dienone is 6. The molecule has 0 radical (unpaired) electrons. The molecule has 220 valence electrons. The van der Waals surface area contributed by atoms with Crippen LogP contribution in [0.5, 0.6) is 0 Å². The van der Waals surface area contributed by atoms with Crippen LogP contribution in [0.2, 0.25) is 0 Å². The largest absolute Gasteiger partial charge is 0.454 e. The maximum absolute atomic E-state index is 13.0. The Labute approximate surface area is 242 Å². The molecule has 0 fully saturated rings. The van der Waals surface area contributed by atoms with Crippen LogP contribution in [0.3, 0.4) is 0 Å². The van der Waals surface area contributed by atoms with Crippen LogP contribution in [0.4, 0.5) is 0 Å². The second-order valence-electron chi connectivity index (χ2n) is 11.5. The van der Waals surface area contributed by atoms with Crippen LogP contribution < -0.4 is 0 Å². The summed E-state index contributed by atoms with van der Waals surface area (Å²) in [5, 5.41) is 19.9. The van der Waals surface area contributed by atoms with Crippen LogP contribution in [-0.4, -0.2) is 46.0 Å². The molecular weight excluding hydrogens is 508 g/mol. The molecule has 1 heterocycles. The number of hydrogen-bond donors (Lipinski definition) is 3. The summed E-state index contributed by atoms with van der Waals surface area (Å²) in [6.45, 7) is 15.9. The fourth-order valence-electron chi connectivity index (χ4n) is 5.08. The molecule has 0 spiro atoms. The Kier molecular flexibility index (Phi) is 16.0. The predicted molar refractivity (Wildman–Crippen MR) is 165 cm³/mol. The van der Waals surface area contributed by atoms with Gasteiger partial charge in [0.25, 0.3) is 0 Å². The predicted octanol–water partition coefficient (Wildman–Crippen LogP) is 6.68. The third-order valence-corrected chi connectivity index (χ3v) is 8.72. The van der Waals surface area contributed by atoms with Gasteiger partial charge in [0.15, 0.2) is 0 Å². The maximum atomic E-state index is 13.0. The first-order valence-corrected chi connectivity index (χ1v) is 14.9. The number of rotatable bonds is 16. The quantitative estimate of drug-likeness (QED) is 0.0849. The van der Waals surface area contributed by atoms with Crippen molar-refractivity contribution in [3.8, 4) is 0 Å². The van der Waals surface area contributed by atoms with Gasteiger partial charge in [-0.05, 0) is 56.9 Å². The van der Waals surface area contributed by atoms with Crippen molar-refractivity contribution < 1.29 is 24.5 Å². The van der Waals surface area contributed by atoms with E-state index in [4.69, 9.17) is 22.5 Å². The molecule has 0 aromatic rings. The fraction of sp³-hybridized carbons (Fsp3) is 0.636. The summed E-state index contributed by atoms with van der Waals surface area (Å²) >= 11 is 4.93. The molecule has 1 rings (SSSR count). The Bertz CT molecular complexity index is 930. The summed E-state index contributed by atoms with van der Waals surface area (Å²) in [6, 6.07) is 0. The highest BCUT2D eigenvalue weighted by Gasteiger charge is 2.29. The number of carbonyl (C=O) groups excluding carboxylic acids is 2. The van der Waals surface area contributed by atoms with Crippen molar-refractivity contribution in [2.45, 2.75) is 92.1 Å². The number of esters is 1. The lowest BCUT2D eigenvalue weighted by Gasteiger charge is -2.26. The molecular formula is C33H52O5S. The van der Waals surface area contributed by atoms with Gasteiger partial charge >= 0.3 is 5.97 Å². The summed E-state index contributed by atoms with van der Waals surface area (Å²) in [7, 11) is 0. The van der Waals surface area contributed by atoms with Crippen LogP contribution >= 0.6 is 12.6 Å². The number of Topliss-reactive ketones (excluding diaryl/α,β-unsaturated/α-hetero) is 1. The van der Waals surface area contributed by atoms with Gasteiger partial charge < -0.3 is 14.9 Å². The van der Waals surface area contributed by atoms with Crippen LogP contribution in [0, 0.1) is 35.5 Å². The maximum Gasteiger partial charge on any atom is 0.331 e. The number of aliphatic hydroxyl groups excluding tert-OH is 2. The average Bonchev–Trinajstić information content (AvgIpc) is 2.89. The second kappa shape index (κ2) is 17.7. The number of ether oxygens (including phenoxy) is 1. The molecule has 6 heteroatoms. The zero-order valence-corrected chi connectivity index (χ0v) is 26.1. The lowest BCUT2D eigenvalue weighted by atomic mass is 9.83. The minimum atomic E-state index is -0.732. The van der Waals surface area contributed by atoms with Gasteiger partial charge in [0, 0.05) is 29.1 Å². The minimum Gasteiger partial charge on any atom is -0.454 e. The second-order valence-corrected chi connectivity index (χ2v) is 12.1. The lowest BCUT2D eigenvalue weighted by molar-refractivity contribution is -0.143. The number of ketones is 1. The number of cyclic esters (lactones) is 1. The topological polar surface area (TPSA) is 83.8 Å². The molecule has 1 aliphatic heterocycles. The number of aliphatic hydroxyl groups is 2. The molecule has 0 aromatic heterocycles. The monoisotopic (exact) mass is 560 g/mol. The summed E-state index contributed by atoms with van der Waals surface area (Å²) in [5.74, 6) is -0.343. The smallest absolute Gasteiger partial charge is 0.331 e. The van der Waals surface area contributed by atoms with E-state index in [0.29, 0.717) is 12.3 Å². The van der Waals surface area contributed by atoms with E-state index in [1.165, 1.54) is 6.08 Å². The molecule has 2 unspecified atom stereocenters. The Morgan fingerprint density at radius 1 is 1.18 bits per heavy atom. The summed E-state index contributed by atoms with van der Waals surface area (Å²) in [5.41, 5.74) is 2.03. The molecule has 5 nitrogen and oxygen atoms in total. The van der Waals surface area contributed by atoms with Gasteiger partial charge in [-0.2, -0.15) is 12.6 Å². The van der Waals surface area contributed by atoms with Gasteiger partial charge in [0.05, 0.1) is 12.7 Å². The molecule has 0 amide bonds. The van der Waals surface area contributed by atoms with E-state index in [-0.39, 0.29) is 53.4 Å². The standard InChI is InChI=1S/C33H52O5S/c1-9-28(14-15-29-23(4)13-16-30(35)38-29)33(39)24(5)12-10-11-21(2)19-25(6)31(36)27(8)32(37)26(7)20-22(3)17-18-34/h10-11,13-17,19,23-29,32-34,37,39H,9,12,18,20H2,1-8H3/b11-10+,15-14+,21-19+,22-17+/t23-,24+,25+,26-,27+,28?,29-,32+,33?/m0/s1. The summed E-state index contributed by atoms with van der Waals surface area (Å²) in [4.78, 5) is 24.6. The van der Waals surface area contributed by atoms with E-state index < -0.39 is 12.0 Å². The summed E-state index contributed by atoms with van der Waals surface area (Å²) in [6.07, 6.45) is 16.9. The molecule has 39 heavy (non-hydrogen) atoms. The normalized spacial score (nSPS) is 24.3. The highest BCUT2D eigenvalue weighted by Crippen LogP contribution is 2.28. The van der Waals surface area contributed by atoms with Gasteiger partial charge in [-0.15, -0.1) is 0 Å². The van der Waals surface area contributed by atoms with Crippen molar-refractivity contribution in [1.82, 2.24) is 0 Å². The Hall–Kier alpha value is -1.89. The minimum absolute atomic E-state index is 0.0161. The Morgan fingerprint density at radius 3 is 2.46 bits per heavy atom. The fourth-order valence-corrected chi connectivity index (χ4v) is 5.52. The molecule has 9 atom stereocenters. The van der Waals surface area contributed by atoms with Crippen LogP contribution in [0.15, 0.2) is 59.8 Å². The van der Waals surface area contributed by atoms with Crippen molar-refractivity contribution in [2.24, 2.45) is 35.5 Å². The van der Waals surface area contributed by atoms with Crippen LogP contribution in [0.25, 0.3) is 0 Å². The SMILES string of the molecule is CCC(/C=C/[C@@H]1OC(=O)C=C[C@@H]1C)C(S)[C@H](C)C/C=C/C(C)=C/[C@@H](C)C(=O)[C@@H](C)[C@H](O)[C@@H](C)C/C(C)=C/CO. The van der Waals surface area contributed by atoms with Crippen molar-refractivity contribution in [3.05, 3.63) is 59.8 Å². The van der Waals surface area contributed by atoms with E-state index in [1.54, 1.807) is 13.0 Å². The molecule has 0 aliphatic carbocycles. The average molecular weight is 561 g/mol. The van der Waals surface area contributed by atoms with E-state index in [1.807, 2.05) is 52.8 Å². The molecule has 0 bridgehead atoms. The molecule has 0 saturated heterocycles. The third-order valence-electron chi connectivity index (χ3n) is 7.83. The zero-order valence-electron chi connectivity index (χ0n) is 25.2. The van der Waals surface area contributed by atoms with Gasteiger partial charge in [-0.25, -0.2) is 4.79 Å². The van der Waals surface area contributed by atoms with Crippen molar-refractivity contribution in [1.29, 1.82) is 0 Å². The van der Waals surface area contributed by atoms with E-state index in [2.05, 4.69) is 32.1 Å². The Balaban J connectivity index is 2.68. The van der Waals surface area contributed by atoms with E-state index in [9.17, 15) is 14.7 Å². The first-order chi connectivity index (χ1) is 18.3. The Morgan fingerprint density at radius 2 is 1.85 bits per heavy atom. The highest BCUT2D eigenvalue weighted by molar-refractivity contribution is 7.81. The van der Waals surface area contributed by atoms with Crippen molar-refractivity contribution in [3.63, 3.8) is 0 Å². The summed E-state index contributed by atoms with van der Waals surface area (Å²) < 4.78 is 5.43. The number of thiol groups is 1. The highest BCUT2D eigenvalue weighted by atomic mass is 32.1. The van der Waals surface area contributed by atoms with Gasteiger partial charge in [-0.3, -0.25) is 4.79 Å². The first kappa shape index (κ1) is 35.1. The van der Waals surface area contributed by atoms with Crippen LogP contribution in [0.1, 0.15) is 74.7 Å². The number of carbonyl (C=O) groups is 2. The van der Waals surface area contributed by atoms with Gasteiger partial charge in [0.2, 0.25) is 0 Å². The van der Waals surface area contributed by atoms with Crippen molar-refractivity contribution in [2.75, 3.05) is 6.61 Å². The first-order valence-electron chi connectivity index (χ1n) is 14.4. The van der Waals surface area contributed by atoms with Gasteiger partial charge in [-0.1, -0.05) is 89.1 Å². The molecule has 1 aliphatic rings. The number of hydrogen-bond acceptors (Lipinski definition) is 6. The van der Waals surface area contributed by atoms with E-state index in [0.717, 1.165) is 24.0 Å².